The van der Waals surface area contributed by atoms with Gasteiger partial charge in [-0.2, -0.15) is 8.42 Å². The van der Waals surface area contributed by atoms with Crippen LogP contribution in [-0.4, -0.2) is 25.5 Å². The van der Waals surface area contributed by atoms with E-state index in [0.29, 0.717) is 21.5 Å². The number of nitrogens with one attached hydrogen (secondary N) is 1. The number of carbonyl (C=O) groups is 1. The number of anilines is 1. The SMILES string of the molecule is O=C(COc1ccc(Cl)cc1)Nc1ccc2ccccc2c1S(=O)(=O)O. The van der Waals surface area contributed by atoms with Crippen molar-refractivity contribution in [3.05, 3.63) is 65.7 Å². The van der Waals surface area contributed by atoms with E-state index in [1.165, 1.54) is 6.07 Å². The zero-order valence-electron chi connectivity index (χ0n) is 13.3. The molecule has 8 heteroatoms. The average Bonchev–Trinajstić information content (AvgIpc) is 2.60. The molecule has 0 aliphatic carbocycles. The normalized spacial score (nSPS) is 11.3. The Bertz CT molecular complexity index is 1060. The van der Waals surface area contributed by atoms with Gasteiger partial charge >= 0.3 is 0 Å². The largest absolute Gasteiger partial charge is 0.484 e. The molecule has 26 heavy (non-hydrogen) atoms. The van der Waals surface area contributed by atoms with Gasteiger partial charge in [0.2, 0.25) is 0 Å². The van der Waals surface area contributed by atoms with Crippen molar-refractivity contribution in [2.24, 2.45) is 0 Å². The Hall–Kier alpha value is -2.61. The highest BCUT2D eigenvalue weighted by Crippen LogP contribution is 2.30. The topological polar surface area (TPSA) is 92.7 Å². The lowest BCUT2D eigenvalue weighted by molar-refractivity contribution is -0.118. The molecule has 0 aromatic heterocycles. The van der Waals surface area contributed by atoms with E-state index in [1.54, 1.807) is 54.6 Å². The van der Waals surface area contributed by atoms with Gasteiger partial charge in [0.25, 0.3) is 16.0 Å². The van der Waals surface area contributed by atoms with Crippen molar-refractivity contribution in [3.8, 4) is 5.75 Å². The van der Waals surface area contributed by atoms with E-state index in [-0.39, 0.29) is 17.2 Å². The van der Waals surface area contributed by atoms with Gasteiger partial charge in [-0.25, -0.2) is 0 Å². The zero-order valence-corrected chi connectivity index (χ0v) is 14.9. The maximum absolute atomic E-state index is 12.1. The maximum Gasteiger partial charge on any atom is 0.297 e. The molecule has 0 saturated heterocycles. The lowest BCUT2D eigenvalue weighted by atomic mass is 10.1. The molecule has 0 saturated carbocycles. The van der Waals surface area contributed by atoms with Crippen LogP contribution < -0.4 is 10.1 Å². The first-order valence-electron chi connectivity index (χ1n) is 7.52. The van der Waals surface area contributed by atoms with Gasteiger partial charge in [-0.15, -0.1) is 0 Å². The summed E-state index contributed by atoms with van der Waals surface area (Å²) in [4.78, 5) is 11.8. The summed E-state index contributed by atoms with van der Waals surface area (Å²) in [5, 5.41) is 3.93. The van der Waals surface area contributed by atoms with Crippen molar-refractivity contribution in [1.29, 1.82) is 0 Å². The number of ether oxygens (including phenoxy) is 1. The summed E-state index contributed by atoms with van der Waals surface area (Å²) in [5.41, 5.74) is -0.0177. The molecule has 0 atom stereocenters. The van der Waals surface area contributed by atoms with E-state index in [0.717, 1.165) is 0 Å². The van der Waals surface area contributed by atoms with Gasteiger partial charge in [0.15, 0.2) is 6.61 Å². The molecule has 0 radical (unpaired) electrons. The molecule has 0 spiro atoms. The third-order valence-corrected chi connectivity index (χ3v) is 4.80. The van der Waals surface area contributed by atoms with Crippen LogP contribution >= 0.6 is 11.6 Å². The third-order valence-electron chi connectivity index (χ3n) is 3.60. The second kappa shape index (κ2) is 7.33. The summed E-state index contributed by atoms with van der Waals surface area (Å²) >= 11 is 5.77. The highest BCUT2D eigenvalue weighted by atomic mass is 35.5. The van der Waals surface area contributed by atoms with E-state index >= 15 is 0 Å². The first-order valence-corrected chi connectivity index (χ1v) is 9.34. The Morgan fingerprint density at radius 3 is 2.42 bits per heavy atom. The molecule has 3 aromatic carbocycles. The lowest BCUT2D eigenvalue weighted by Crippen LogP contribution is -2.21. The Labute approximate surface area is 155 Å². The summed E-state index contributed by atoms with van der Waals surface area (Å²) in [6.45, 7) is -0.334. The zero-order chi connectivity index (χ0) is 18.7. The van der Waals surface area contributed by atoms with Gasteiger partial charge in [-0.1, -0.05) is 41.9 Å². The summed E-state index contributed by atoms with van der Waals surface area (Å²) < 4.78 is 38.6. The number of benzene rings is 3. The Morgan fingerprint density at radius 1 is 1.04 bits per heavy atom. The molecule has 2 N–H and O–H groups in total. The van der Waals surface area contributed by atoms with Gasteiger partial charge in [-0.3, -0.25) is 9.35 Å². The first kappa shape index (κ1) is 18.2. The number of hydrogen-bond acceptors (Lipinski definition) is 4. The first-order chi connectivity index (χ1) is 12.3. The quantitative estimate of drug-likeness (QED) is 0.646. The van der Waals surface area contributed by atoms with Gasteiger partial charge < -0.3 is 10.1 Å². The molecule has 134 valence electrons. The van der Waals surface area contributed by atoms with Crippen molar-refractivity contribution in [1.82, 2.24) is 0 Å². The minimum atomic E-state index is -4.55. The standard InChI is InChI=1S/C18H14ClNO5S/c19-13-6-8-14(9-7-13)25-11-17(21)20-16-10-5-12-3-1-2-4-15(12)18(16)26(22,23)24/h1-10H,11H2,(H,20,21)(H,22,23,24). The van der Waals surface area contributed by atoms with E-state index in [4.69, 9.17) is 16.3 Å². The fourth-order valence-electron chi connectivity index (χ4n) is 2.49. The predicted octanol–water partition coefficient (Wildman–Crippen LogP) is 3.76. The van der Waals surface area contributed by atoms with Crippen molar-refractivity contribution in [2.45, 2.75) is 4.90 Å². The maximum atomic E-state index is 12.1. The number of fused-ring (bicyclic) bond motifs is 1. The van der Waals surface area contributed by atoms with E-state index in [1.807, 2.05) is 0 Å². The van der Waals surface area contributed by atoms with Crippen LogP contribution in [0.25, 0.3) is 10.8 Å². The second-order valence-electron chi connectivity index (χ2n) is 5.43. The molecule has 6 nitrogen and oxygen atoms in total. The second-order valence-corrected chi connectivity index (χ2v) is 7.22. The van der Waals surface area contributed by atoms with Crippen LogP contribution in [0.5, 0.6) is 5.75 Å². The molecular formula is C18H14ClNO5S. The van der Waals surface area contributed by atoms with Crippen LogP contribution in [0.4, 0.5) is 5.69 Å². The smallest absolute Gasteiger partial charge is 0.297 e. The minimum absolute atomic E-state index is 0.0177. The Balaban J connectivity index is 1.84. The van der Waals surface area contributed by atoms with Crippen molar-refractivity contribution in [3.63, 3.8) is 0 Å². The Morgan fingerprint density at radius 2 is 1.73 bits per heavy atom. The average molecular weight is 392 g/mol. The third kappa shape index (κ3) is 4.13. The van der Waals surface area contributed by atoms with E-state index in [9.17, 15) is 17.8 Å². The fourth-order valence-corrected chi connectivity index (χ4v) is 3.47. The van der Waals surface area contributed by atoms with E-state index in [2.05, 4.69) is 5.32 Å². The number of carbonyl (C=O) groups excluding carboxylic acids is 1. The highest BCUT2D eigenvalue weighted by molar-refractivity contribution is 7.86. The van der Waals surface area contributed by atoms with Crippen molar-refractivity contribution < 1.29 is 22.5 Å². The molecular weight excluding hydrogens is 378 g/mol. The van der Waals surface area contributed by atoms with Crippen LogP contribution in [0.3, 0.4) is 0 Å². The molecule has 0 bridgehead atoms. The monoisotopic (exact) mass is 391 g/mol. The van der Waals surface area contributed by atoms with E-state index < -0.39 is 16.0 Å². The number of amides is 1. The minimum Gasteiger partial charge on any atom is -0.484 e. The fraction of sp³-hybridized carbons (Fsp3) is 0.0556. The summed E-state index contributed by atoms with van der Waals surface area (Å²) in [6.07, 6.45) is 0. The van der Waals surface area contributed by atoms with Crippen LogP contribution in [0.1, 0.15) is 0 Å². The summed E-state index contributed by atoms with van der Waals surface area (Å²) in [7, 11) is -4.55. The Kier molecular flexibility index (Phi) is 5.13. The van der Waals surface area contributed by atoms with Crippen molar-refractivity contribution >= 4 is 44.1 Å². The molecule has 0 aliphatic heterocycles. The molecule has 0 heterocycles. The van der Waals surface area contributed by atoms with Crippen LogP contribution in [0.15, 0.2) is 65.6 Å². The van der Waals surface area contributed by atoms with Gasteiger partial charge in [-0.05, 0) is 35.7 Å². The summed E-state index contributed by atoms with van der Waals surface area (Å²) in [5.74, 6) is -0.127. The molecule has 3 rings (SSSR count). The van der Waals surface area contributed by atoms with Crippen LogP contribution in [0.2, 0.25) is 5.02 Å². The summed E-state index contributed by atoms with van der Waals surface area (Å²) in [6, 6.07) is 16.2. The van der Waals surface area contributed by atoms with Gasteiger partial charge in [0, 0.05) is 10.4 Å². The number of hydrogen-bond donors (Lipinski definition) is 2. The number of halogens is 1. The van der Waals surface area contributed by atoms with Gasteiger partial charge in [0.05, 0.1) is 5.69 Å². The molecule has 3 aromatic rings. The van der Waals surface area contributed by atoms with Crippen LogP contribution in [-0.2, 0) is 14.9 Å². The molecule has 0 aliphatic rings. The highest BCUT2D eigenvalue weighted by Gasteiger charge is 2.20. The molecule has 1 amide bonds. The predicted molar refractivity (Wildman–Crippen MR) is 99.3 cm³/mol. The lowest BCUT2D eigenvalue weighted by Gasteiger charge is -2.12. The molecule has 0 fully saturated rings. The van der Waals surface area contributed by atoms with Crippen molar-refractivity contribution in [2.75, 3.05) is 11.9 Å². The number of rotatable bonds is 5. The van der Waals surface area contributed by atoms with Gasteiger partial charge in [0.1, 0.15) is 10.6 Å². The molecule has 0 unspecified atom stereocenters. The van der Waals surface area contributed by atoms with Crippen LogP contribution in [0, 0.1) is 0 Å².